The normalized spacial score (nSPS) is 19.7. The highest BCUT2D eigenvalue weighted by Crippen LogP contribution is 2.37. The summed E-state index contributed by atoms with van der Waals surface area (Å²) in [6.45, 7) is 8.16. The smallest absolute Gasteiger partial charge is 0.0353 e. The third kappa shape index (κ3) is 3.27. The van der Waals surface area contributed by atoms with Gasteiger partial charge in [0, 0.05) is 11.6 Å². The van der Waals surface area contributed by atoms with Crippen LogP contribution in [0.25, 0.3) is 0 Å². The molecule has 0 amide bonds. The van der Waals surface area contributed by atoms with E-state index >= 15 is 0 Å². The Kier molecular flexibility index (Phi) is 6.65. The summed E-state index contributed by atoms with van der Waals surface area (Å²) >= 11 is 0. The van der Waals surface area contributed by atoms with E-state index in [1.165, 1.54) is 44.9 Å². The van der Waals surface area contributed by atoms with Gasteiger partial charge in [-0.1, -0.05) is 33.6 Å². The molecule has 0 spiro atoms. The van der Waals surface area contributed by atoms with Gasteiger partial charge in [0.1, 0.15) is 0 Å². The van der Waals surface area contributed by atoms with Crippen LogP contribution in [0.4, 0.5) is 0 Å². The Morgan fingerprint density at radius 1 is 1.11 bits per heavy atom. The van der Waals surface area contributed by atoms with Crippen LogP contribution in [0, 0.1) is 5.92 Å². The van der Waals surface area contributed by atoms with Crippen molar-refractivity contribution in [3.8, 4) is 0 Å². The number of likely N-dealkylation sites (N-methyl/N-ethyl adjacent to an activating group) is 1. The molecule has 1 rings (SSSR count). The standard InChI is InChI=1S/C16H34N2/c1-6-13-17-15(14-11-9-10-12-14)16(7-2,8-3)18(4)5/h14-15,17H,6-13H2,1-5H3. The van der Waals surface area contributed by atoms with Crippen LogP contribution < -0.4 is 5.32 Å². The van der Waals surface area contributed by atoms with Gasteiger partial charge >= 0.3 is 0 Å². The predicted octanol–water partition coefficient (Wildman–Crippen LogP) is 3.67. The van der Waals surface area contributed by atoms with Gasteiger partial charge in [-0.05, 0) is 58.7 Å². The molecule has 0 saturated heterocycles. The second kappa shape index (κ2) is 7.49. The molecule has 1 fully saturated rings. The molecule has 0 radical (unpaired) electrons. The molecule has 0 bridgehead atoms. The van der Waals surface area contributed by atoms with Gasteiger partial charge in [0.05, 0.1) is 0 Å². The highest BCUT2D eigenvalue weighted by atomic mass is 15.2. The Balaban J connectivity index is 2.89. The molecule has 0 aromatic rings. The van der Waals surface area contributed by atoms with E-state index in [0.29, 0.717) is 11.6 Å². The molecule has 1 N–H and O–H groups in total. The molecular formula is C16H34N2. The SMILES string of the molecule is CCCNC(C1CCCC1)C(CC)(CC)N(C)C. The molecular weight excluding hydrogens is 220 g/mol. The largest absolute Gasteiger partial charge is 0.312 e. The molecule has 0 aliphatic heterocycles. The lowest BCUT2D eigenvalue weighted by Crippen LogP contribution is -2.61. The number of nitrogens with zero attached hydrogens (tertiary/aromatic N) is 1. The topological polar surface area (TPSA) is 15.3 Å². The van der Waals surface area contributed by atoms with Crippen molar-refractivity contribution in [3.63, 3.8) is 0 Å². The highest BCUT2D eigenvalue weighted by Gasteiger charge is 2.42. The molecule has 0 aromatic carbocycles. The van der Waals surface area contributed by atoms with E-state index in [0.717, 1.165) is 12.5 Å². The first-order chi connectivity index (χ1) is 8.62. The van der Waals surface area contributed by atoms with E-state index in [2.05, 4.69) is 45.1 Å². The first-order valence-corrected chi connectivity index (χ1v) is 8.03. The third-order valence-corrected chi connectivity index (χ3v) is 5.18. The molecule has 1 saturated carbocycles. The average molecular weight is 254 g/mol. The number of hydrogen-bond donors (Lipinski definition) is 1. The molecule has 18 heavy (non-hydrogen) atoms. The zero-order chi connectivity index (χ0) is 13.6. The zero-order valence-electron chi connectivity index (χ0n) is 13.3. The van der Waals surface area contributed by atoms with E-state index < -0.39 is 0 Å². The van der Waals surface area contributed by atoms with Crippen molar-refractivity contribution in [2.75, 3.05) is 20.6 Å². The third-order valence-electron chi connectivity index (χ3n) is 5.18. The molecule has 0 heterocycles. The van der Waals surface area contributed by atoms with Crippen LogP contribution in [0.15, 0.2) is 0 Å². The number of hydrogen-bond acceptors (Lipinski definition) is 2. The van der Waals surface area contributed by atoms with Crippen LogP contribution in [0.5, 0.6) is 0 Å². The Labute approximate surface area is 115 Å². The minimum Gasteiger partial charge on any atom is -0.312 e. The van der Waals surface area contributed by atoms with E-state index in [1.807, 2.05) is 0 Å². The zero-order valence-corrected chi connectivity index (χ0v) is 13.3. The predicted molar refractivity (Wildman–Crippen MR) is 81.0 cm³/mol. The summed E-state index contributed by atoms with van der Waals surface area (Å²) in [6, 6.07) is 0.671. The lowest BCUT2D eigenvalue weighted by atomic mass is 9.76. The molecule has 108 valence electrons. The summed E-state index contributed by atoms with van der Waals surface area (Å²) < 4.78 is 0. The second-order valence-electron chi connectivity index (χ2n) is 6.18. The van der Waals surface area contributed by atoms with Crippen LogP contribution in [0.3, 0.4) is 0 Å². The fourth-order valence-corrected chi connectivity index (χ4v) is 3.99. The molecule has 2 heteroatoms. The second-order valence-corrected chi connectivity index (χ2v) is 6.18. The fourth-order valence-electron chi connectivity index (χ4n) is 3.99. The molecule has 1 unspecified atom stereocenters. The Morgan fingerprint density at radius 3 is 2.06 bits per heavy atom. The lowest BCUT2D eigenvalue weighted by Gasteiger charge is -2.48. The van der Waals surface area contributed by atoms with E-state index in [9.17, 15) is 0 Å². The fraction of sp³-hybridized carbons (Fsp3) is 1.00. The van der Waals surface area contributed by atoms with Crippen molar-refractivity contribution < 1.29 is 0 Å². The summed E-state index contributed by atoms with van der Waals surface area (Å²) in [5.74, 6) is 0.888. The van der Waals surface area contributed by atoms with Crippen LogP contribution >= 0.6 is 0 Å². The maximum atomic E-state index is 3.89. The van der Waals surface area contributed by atoms with Gasteiger partial charge in [-0.3, -0.25) is 0 Å². The van der Waals surface area contributed by atoms with Gasteiger partial charge < -0.3 is 10.2 Å². The highest BCUT2D eigenvalue weighted by molar-refractivity contribution is 5.01. The van der Waals surface area contributed by atoms with Crippen LogP contribution in [0.2, 0.25) is 0 Å². The first kappa shape index (κ1) is 16.0. The van der Waals surface area contributed by atoms with E-state index in [-0.39, 0.29) is 0 Å². The van der Waals surface area contributed by atoms with Crippen LogP contribution in [0.1, 0.15) is 65.7 Å². The minimum absolute atomic E-state index is 0.337. The first-order valence-electron chi connectivity index (χ1n) is 8.03. The van der Waals surface area contributed by atoms with Crippen molar-refractivity contribution in [1.82, 2.24) is 10.2 Å². The minimum atomic E-state index is 0.337. The van der Waals surface area contributed by atoms with Gasteiger partial charge in [0.2, 0.25) is 0 Å². The Bertz CT molecular complexity index is 215. The summed E-state index contributed by atoms with van der Waals surface area (Å²) in [6.07, 6.45) is 9.45. The number of nitrogens with one attached hydrogen (secondary N) is 1. The number of rotatable bonds is 8. The van der Waals surface area contributed by atoms with Crippen molar-refractivity contribution in [2.24, 2.45) is 5.92 Å². The van der Waals surface area contributed by atoms with E-state index in [4.69, 9.17) is 0 Å². The molecule has 1 aliphatic carbocycles. The van der Waals surface area contributed by atoms with Crippen molar-refractivity contribution in [1.29, 1.82) is 0 Å². The summed E-state index contributed by atoms with van der Waals surface area (Å²) in [5.41, 5.74) is 0.337. The summed E-state index contributed by atoms with van der Waals surface area (Å²) in [5, 5.41) is 3.89. The van der Waals surface area contributed by atoms with Gasteiger partial charge in [0.15, 0.2) is 0 Å². The molecule has 1 atom stereocenters. The van der Waals surface area contributed by atoms with Crippen LogP contribution in [-0.4, -0.2) is 37.1 Å². The van der Waals surface area contributed by atoms with Crippen LogP contribution in [-0.2, 0) is 0 Å². The van der Waals surface area contributed by atoms with Gasteiger partial charge in [-0.25, -0.2) is 0 Å². The summed E-state index contributed by atoms with van der Waals surface area (Å²) in [4.78, 5) is 2.48. The molecule has 2 nitrogen and oxygen atoms in total. The maximum absolute atomic E-state index is 3.89. The molecule has 1 aliphatic rings. The lowest BCUT2D eigenvalue weighted by molar-refractivity contribution is 0.0603. The Hall–Kier alpha value is -0.0800. The average Bonchev–Trinajstić information content (AvgIpc) is 2.88. The van der Waals surface area contributed by atoms with E-state index in [1.54, 1.807) is 0 Å². The quantitative estimate of drug-likeness (QED) is 0.711. The monoisotopic (exact) mass is 254 g/mol. The summed E-state index contributed by atoms with van der Waals surface area (Å²) in [7, 11) is 4.53. The van der Waals surface area contributed by atoms with Gasteiger partial charge in [-0.15, -0.1) is 0 Å². The van der Waals surface area contributed by atoms with Gasteiger partial charge in [-0.2, -0.15) is 0 Å². The van der Waals surface area contributed by atoms with Crippen molar-refractivity contribution >= 4 is 0 Å². The Morgan fingerprint density at radius 2 is 1.67 bits per heavy atom. The molecule has 0 aromatic heterocycles. The van der Waals surface area contributed by atoms with Crippen molar-refractivity contribution in [3.05, 3.63) is 0 Å². The van der Waals surface area contributed by atoms with Crippen molar-refractivity contribution in [2.45, 2.75) is 77.3 Å². The van der Waals surface area contributed by atoms with Gasteiger partial charge in [0.25, 0.3) is 0 Å². The maximum Gasteiger partial charge on any atom is 0.0353 e.